The average Bonchev–Trinajstić information content (AvgIpc) is 3.11. The van der Waals surface area contributed by atoms with E-state index in [2.05, 4.69) is 82.8 Å². The molecular formula is C40H38N6. The second-order valence-electron chi connectivity index (χ2n) is 10.8. The van der Waals surface area contributed by atoms with Gasteiger partial charge < -0.3 is 22.9 Å². The summed E-state index contributed by atoms with van der Waals surface area (Å²) in [6, 6.07) is 52.3. The number of anilines is 2. The van der Waals surface area contributed by atoms with Crippen LogP contribution in [0.5, 0.6) is 0 Å². The fraction of sp³-hybridized carbons (Fsp3) is 0.0500. The predicted octanol–water partition coefficient (Wildman–Crippen LogP) is 7.68. The van der Waals surface area contributed by atoms with Gasteiger partial charge in [-0.25, -0.2) is 0 Å². The van der Waals surface area contributed by atoms with E-state index in [1.54, 1.807) is 0 Å². The zero-order valence-electron chi connectivity index (χ0n) is 25.6. The second-order valence-corrected chi connectivity index (χ2v) is 10.8. The van der Waals surface area contributed by atoms with E-state index in [0.29, 0.717) is 36.1 Å². The minimum Gasteiger partial charge on any atom is -0.399 e. The second kappa shape index (κ2) is 15.5. The summed E-state index contributed by atoms with van der Waals surface area (Å²) < 4.78 is 0. The van der Waals surface area contributed by atoms with Crippen LogP contribution in [0.25, 0.3) is 22.3 Å². The maximum atomic E-state index is 6.03. The number of nitrogen functional groups attached to an aromatic ring is 2. The van der Waals surface area contributed by atoms with Crippen molar-refractivity contribution in [3.63, 3.8) is 0 Å². The number of nitrogens with zero attached hydrogens (tertiary/aromatic N) is 2. The fourth-order valence-corrected chi connectivity index (χ4v) is 4.80. The molecule has 0 fully saturated rings. The molecule has 8 N–H and O–H groups in total. The van der Waals surface area contributed by atoms with Gasteiger partial charge in [0, 0.05) is 22.5 Å². The van der Waals surface area contributed by atoms with Crippen molar-refractivity contribution >= 4 is 23.0 Å². The Kier molecular flexibility index (Phi) is 10.6. The van der Waals surface area contributed by atoms with Crippen molar-refractivity contribution in [1.29, 1.82) is 0 Å². The first-order chi connectivity index (χ1) is 22.4. The minimum atomic E-state index is 0.504. The topological polar surface area (TPSA) is 129 Å². The van der Waals surface area contributed by atoms with E-state index in [0.717, 1.165) is 22.3 Å². The van der Waals surface area contributed by atoms with Gasteiger partial charge in [-0.05, 0) is 57.6 Å². The summed E-state index contributed by atoms with van der Waals surface area (Å²) in [5.41, 5.74) is 33.7. The summed E-state index contributed by atoms with van der Waals surface area (Å²) >= 11 is 0. The first kappa shape index (κ1) is 31.3. The van der Waals surface area contributed by atoms with Crippen LogP contribution in [0.1, 0.15) is 22.3 Å². The summed E-state index contributed by atoms with van der Waals surface area (Å²) in [5, 5.41) is 0. The highest BCUT2D eigenvalue weighted by atomic mass is 14.9. The number of aliphatic imine (C=N–C) groups is 2. The average molecular weight is 603 g/mol. The zero-order valence-corrected chi connectivity index (χ0v) is 25.6. The molecule has 0 bridgehead atoms. The Morgan fingerprint density at radius 3 is 1.09 bits per heavy atom. The molecule has 228 valence electrons. The van der Waals surface area contributed by atoms with E-state index in [-0.39, 0.29) is 0 Å². The summed E-state index contributed by atoms with van der Waals surface area (Å²) in [6.45, 7) is 1.10. The Balaban J connectivity index is 0.000000181. The van der Waals surface area contributed by atoms with Crippen LogP contribution in [0.4, 0.5) is 11.4 Å². The normalized spacial score (nSPS) is 11.4. The molecule has 0 amide bonds. The van der Waals surface area contributed by atoms with E-state index in [9.17, 15) is 0 Å². The molecule has 0 aliphatic rings. The predicted molar refractivity (Wildman–Crippen MR) is 194 cm³/mol. The quantitative estimate of drug-likeness (QED) is 0.0809. The summed E-state index contributed by atoms with van der Waals surface area (Å²) in [7, 11) is 0. The molecule has 6 aromatic rings. The summed E-state index contributed by atoms with van der Waals surface area (Å²) in [5.74, 6) is 1.01. The molecule has 0 radical (unpaired) electrons. The molecule has 0 saturated heterocycles. The molecule has 0 aromatic heterocycles. The Labute approximate surface area is 270 Å². The largest absolute Gasteiger partial charge is 0.399 e. The Hall–Kier alpha value is -6.14. The first-order valence-corrected chi connectivity index (χ1v) is 15.0. The van der Waals surface area contributed by atoms with Crippen LogP contribution >= 0.6 is 0 Å². The van der Waals surface area contributed by atoms with Gasteiger partial charge in [-0.3, -0.25) is 9.98 Å². The Morgan fingerprint density at radius 1 is 0.391 bits per heavy atom. The third-order valence-corrected chi connectivity index (χ3v) is 7.35. The molecule has 6 heteroatoms. The van der Waals surface area contributed by atoms with E-state index in [1.165, 1.54) is 22.3 Å². The number of hydrogen-bond donors (Lipinski definition) is 4. The van der Waals surface area contributed by atoms with E-state index in [1.807, 2.05) is 84.9 Å². The van der Waals surface area contributed by atoms with E-state index < -0.39 is 0 Å². The molecular weight excluding hydrogens is 564 g/mol. The molecule has 0 heterocycles. The van der Waals surface area contributed by atoms with Crippen LogP contribution in [0.3, 0.4) is 0 Å². The molecule has 6 rings (SSSR count). The highest BCUT2D eigenvalue weighted by Crippen LogP contribution is 2.21. The maximum absolute atomic E-state index is 6.03. The van der Waals surface area contributed by atoms with Crippen LogP contribution in [-0.4, -0.2) is 11.7 Å². The van der Waals surface area contributed by atoms with Crippen LogP contribution in [0.2, 0.25) is 0 Å². The monoisotopic (exact) mass is 602 g/mol. The molecule has 0 aliphatic carbocycles. The molecule has 0 unspecified atom stereocenters. The number of rotatable bonds is 8. The lowest BCUT2D eigenvalue weighted by atomic mass is 10.0. The SMILES string of the molecule is NC(=NCc1ccc(-c2ccccc2)cc1)c1cccc(N)c1.NC(=NCc1ccc(-c2ccccc2)cc1)c1cccc(N)c1. The summed E-state index contributed by atoms with van der Waals surface area (Å²) in [4.78, 5) is 8.89. The van der Waals surface area contributed by atoms with Crippen LogP contribution in [0.15, 0.2) is 168 Å². The molecule has 0 atom stereocenters. The van der Waals surface area contributed by atoms with Crippen LogP contribution in [-0.2, 0) is 13.1 Å². The van der Waals surface area contributed by atoms with Gasteiger partial charge in [0.05, 0.1) is 13.1 Å². The first-order valence-electron chi connectivity index (χ1n) is 15.0. The molecule has 0 aliphatic heterocycles. The van der Waals surface area contributed by atoms with Crippen molar-refractivity contribution in [3.8, 4) is 22.3 Å². The van der Waals surface area contributed by atoms with Gasteiger partial charge in [0.1, 0.15) is 11.7 Å². The minimum absolute atomic E-state index is 0.504. The highest BCUT2D eigenvalue weighted by molar-refractivity contribution is 5.98. The van der Waals surface area contributed by atoms with Crippen LogP contribution in [0, 0.1) is 0 Å². The number of nitrogens with two attached hydrogens (primary N) is 4. The van der Waals surface area contributed by atoms with E-state index in [4.69, 9.17) is 22.9 Å². The van der Waals surface area contributed by atoms with Crippen molar-refractivity contribution in [2.24, 2.45) is 21.5 Å². The lowest BCUT2D eigenvalue weighted by Gasteiger charge is -2.05. The van der Waals surface area contributed by atoms with Gasteiger partial charge in [-0.15, -0.1) is 0 Å². The third kappa shape index (κ3) is 8.94. The van der Waals surface area contributed by atoms with Crippen molar-refractivity contribution < 1.29 is 0 Å². The van der Waals surface area contributed by atoms with Gasteiger partial charge >= 0.3 is 0 Å². The third-order valence-electron chi connectivity index (χ3n) is 7.35. The number of benzene rings is 6. The summed E-state index contributed by atoms with van der Waals surface area (Å²) in [6.07, 6.45) is 0. The van der Waals surface area contributed by atoms with Crippen LogP contribution < -0.4 is 22.9 Å². The molecule has 0 spiro atoms. The van der Waals surface area contributed by atoms with Gasteiger partial charge in [-0.2, -0.15) is 0 Å². The Bertz CT molecular complexity index is 1750. The van der Waals surface area contributed by atoms with Gasteiger partial charge in [0.2, 0.25) is 0 Å². The lowest BCUT2D eigenvalue weighted by molar-refractivity contribution is 1.06. The van der Waals surface area contributed by atoms with Gasteiger partial charge in [0.15, 0.2) is 0 Å². The van der Waals surface area contributed by atoms with Crippen molar-refractivity contribution in [2.75, 3.05) is 11.5 Å². The number of amidine groups is 2. The highest BCUT2D eigenvalue weighted by Gasteiger charge is 2.02. The van der Waals surface area contributed by atoms with E-state index >= 15 is 0 Å². The smallest absolute Gasteiger partial charge is 0.126 e. The standard InChI is InChI=1S/2C20H19N3/c2*21-19-8-4-7-18(13-19)20(22)23-14-15-9-11-17(12-10-15)16-5-2-1-3-6-16/h2*1-13H,14,21H2,(H2,22,23). The fourth-order valence-electron chi connectivity index (χ4n) is 4.80. The molecule has 6 nitrogen and oxygen atoms in total. The van der Waals surface area contributed by atoms with Gasteiger partial charge in [-0.1, -0.05) is 133 Å². The lowest BCUT2D eigenvalue weighted by Crippen LogP contribution is -2.13. The maximum Gasteiger partial charge on any atom is 0.126 e. The van der Waals surface area contributed by atoms with Crippen molar-refractivity contribution in [2.45, 2.75) is 13.1 Å². The van der Waals surface area contributed by atoms with Crippen molar-refractivity contribution in [3.05, 3.63) is 180 Å². The zero-order chi connectivity index (χ0) is 32.1. The molecule has 46 heavy (non-hydrogen) atoms. The molecule has 0 saturated carbocycles. The Morgan fingerprint density at radius 2 is 0.739 bits per heavy atom. The molecule has 6 aromatic carbocycles. The number of hydrogen-bond acceptors (Lipinski definition) is 4. The van der Waals surface area contributed by atoms with Gasteiger partial charge in [0.25, 0.3) is 0 Å². The van der Waals surface area contributed by atoms with Crippen molar-refractivity contribution in [1.82, 2.24) is 0 Å².